The lowest BCUT2D eigenvalue weighted by Crippen LogP contribution is -2.41. The second kappa shape index (κ2) is 8.71. The zero-order valence-electron chi connectivity index (χ0n) is 18.3. The van der Waals surface area contributed by atoms with Crippen molar-refractivity contribution < 1.29 is 23.8 Å². The molecule has 1 aromatic carbocycles. The Kier molecular flexibility index (Phi) is 5.60. The molecular formula is C25H25N3O5. The molecule has 0 saturated carbocycles. The number of rotatable bonds is 5. The van der Waals surface area contributed by atoms with Crippen molar-refractivity contribution in [3.8, 4) is 17.0 Å². The van der Waals surface area contributed by atoms with Crippen molar-refractivity contribution in [2.24, 2.45) is 0 Å². The van der Waals surface area contributed by atoms with Crippen LogP contribution in [0.3, 0.4) is 0 Å². The van der Waals surface area contributed by atoms with E-state index in [0.717, 1.165) is 11.3 Å². The van der Waals surface area contributed by atoms with Gasteiger partial charge in [-0.15, -0.1) is 0 Å². The number of hydrogen-bond donors (Lipinski definition) is 1. The SMILES string of the molecule is COc1ccc(-c2ncccc2C(=O)N2CC[C@@H]3[C@H]2CCN3C(=O)c2ccc(CO)o2)cc1. The predicted octanol–water partition coefficient (Wildman–Crippen LogP) is 2.97. The number of nitrogens with zero attached hydrogens (tertiary/aromatic N) is 3. The molecule has 2 saturated heterocycles. The minimum atomic E-state index is -0.247. The van der Waals surface area contributed by atoms with Crippen molar-refractivity contribution in [1.29, 1.82) is 0 Å². The van der Waals surface area contributed by atoms with Crippen LogP contribution >= 0.6 is 0 Å². The fourth-order valence-electron chi connectivity index (χ4n) is 4.92. The number of aliphatic hydroxyl groups is 1. The van der Waals surface area contributed by atoms with Gasteiger partial charge in [-0.3, -0.25) is 14.6 Å². The van der Waals surface area contributed by atoms with Crippen LogP contribution in [0.2, 0.25) is 0 Å². The van der Waals surface area contributed by atoms with Gasteiger partial charge >= 0.3 is 0 Å². The van der Waals surface area contributed by atoms with E-state index >= 15 is 0 Å². The largest absolute Gasteiger partial charge is 0.497 e. The summed E-state index contributed by atoms with van der Waals surface area (Å²) >= 11 is 0. The molecule has 2 amide bonds. The lowest BCUT2D eigenvalue weighted by Gasteiger charge is -2.26. The van der Waals surface area contributed by atoms with Gasteiger partial charge in [0.25, 0.3) is 11.8 Å². The molecule has 2 aliphatic rings. The van der Waals surface area contributed by atoms with Crippen LogP contribution in [0, 0.1) is 0 Å². The molecule has 0 aliphatic carbocycles. The lowest BCUT2D eigenvalue weighted by molar-refractivity contribution is 0.0669. The van der Waals surface area contributed by atoms with Gasteiger partial charge in [0.1, 0.15) is 18.1 Å². The number of aliphatic hydroxyl groups excluding tert-OH is 1. The van der Waals surface area contributed by atoms with Crippen molar-refractivity contribution in [3.05, 3.63) is 71.8 Å². The number of pyridine rings is 1. The van der Waals surface area contributed by atoms with Crippen molar-refractivity contribution in [3.63, 3.8) is 0 Å². The van der Waals surface area contributed by atoms with Gasteiger partial charge in [0.05, 0.1) is 30.5 Å². The highest BCUT2D eigenvalue weighted by Gasteiger charge is 2.47. The lowest BCUT2D eigenvalue weighted by atomic mass is 10.0. The maximum absolute atomic E-state index is 13.6. The first-order chi connectivity index (χ1) is 16.1. The zero-order valence-corrected chi connectivity index (χ0v) is 18.3. The van der Waals surface area contributed by atoms with E-state index in [4.69, 9.17) is 9.15 Å². The molecule has 0 bridgehead atoms. The van der Waals surface area contributed by atoms with E-state index in [-0.39, 0.29) is 36.3 Å². The fourth-order valence-corrected chi connectivity index (χ4v) is 4.92. The van der Waals surface area contributed by atoms with Crippen molar-refractivity contribution in [2.75, 3.05) is 20.2 Å². The summed E-state index contributed by atoms with van der Waals surface area (Å²) in [6, 6.07) is 14.2. The smallest absolute Gasteiger partial charge is 0.289 e. The Morgan fingerprint density at radius 2 is 1.73 bits per heavy atom. The fraction of sp³-hybridized carbons (Fsp3) is 0.320. The Morgan fingerprint density at radius 1 is 1.03 bits per heavy atom. The quantitative estimate of drug-likeness (QED) is 0.646. The van der Waals surface area contributed by atoms with Crippen molar-refractivity contribution in [2.45, 2.75) is 31.5 Å². The van der Waals surface area contributed by atoms with Gasteiger partial charge in [-0.25, -0.2) is 0 Å². The van der Waals surface area contributed by atoms with Crippen LogP contribution in [-0.2, 0) is 6.61 Å². The summed E-state index contributed by atoms with van der Waals surface area (Å²) < 4.78 is 10.7. The van der Waals surface area contributed by atoms with Crippen LogP contribution in [0.1, 0.15) is 39.5 Å². The maximum atomic E-state index is 13.6. The van der Waals surface area contributed by atoms with E-state index in [1.165, 1.54) is 0 Å². The standard InChI is InChI=1S/C25H25N3O5/c1-32-17-6-4-16(5-7-17)23-19(3-2-12-26-23)24(30)27-13-10-21-20(27)11-14-28(21)25(31)22-9-8-18(15-29)33-22/h2-9,12,20-21,29H,10-11,13-15H2,1H3/t20-,21-/m1/s1. The Morgan fingerprint density at radius 3 is 2.36 bits per heavy atom. The molecule has 0 unspecified atom stereocenters. The number of benzene rings is 1. The number of fused-ring (bicyclic) bond motifs is 1. The van der Waals surface area contributed by atoms with Gasteiger partial charge in [0.2, 0.25) is 0 Å². The normalized spacial score (nSPS) is 19.6. The first-order valence-electron chi connectivity index (χ1n) is 11.0. The summed E-state index contributed by atoms with van der Waals surface area (Å²) in [5.41, 5.74) is 2.02. The van der Waals surface area contributed by atoms with E-state index in [1.807, 2.05) is 29.2 Å². The number of aromatic nitrogens is 1. The molecule has 4 heterocycles. The summed E-state index contributed by atoms with van der Waals surface area (Å²) in [4.78, 5) is 34.8. The molecule has 1 N–H and O–H groups in total. The first-order valence-corrected chi connectivity index (χ1v) is 11.0. The summed E-state index contributed by atoms with van der Waals surface area (Å²) in [6.45, 7) is 0.893. The highest BCUT2D eigenvalue weighted by atomic mass is 16.5. The molecule has 0 spiro atoms. The summed E-state index contributed by atoms with van der Waals surface area (Å²) in [5.74, 6) is 1.05. The van der Waals surface area contributed by atoms with E-state index in [9.17, 15) is 14.7 Å². The monoisotopic (exact) mass is 447 g/mol. The third-order valence-electron chi connectivity index (χ3n) is 6.53. The second-order valence-electron chi connectivity index (χ2n) is 8.26. The summed E-state index contributed by atoms with van der Waals surface area (Å²) in [5, 5.41) is 9.21. The Hall–Kier alpha value is -3.65. The molecule has 2 aromatic heterocycles. The number of hydrogen-bond acceptors (Lipinski definition) is 6. The predicted molar refractivity (Wildman–Crippen MR) is 120 cm³/mol. The highest BCUT2D eigenvalue weighted by molar-refractivity contribution is 6.00. The number of amides is 2. The van der Waals surface area contributed by atoms with Crippen LogP contribution < -0.4 is 4.74 Å². The van der Waals surface area contributed by atoms with Crippen LogP contribution in [0.15, 0.2) is 59.1 Å². The minimum Gasteiger partial charge on any atom is -0.497 e. The molecule has 3 aromatic rings. The molecule has 8 heteroatoms. The number of carbonyl (C=O) groups excluding carboxylic acids is 2. The van der Waals surface area contributed by atoms with E-state index in [2.05, 4.69) is 4.98 Å². The van der Waals surface area contributed by atoms with Gasteiger partial charge in [0, 0.05) is 24.8 Å². The van der Waals surface area contributed by atoms with Crippen molar-refractivity contribution in [1.82, 2.24) is 14.8 Å². The molecule has 170 valence electrons. The first kappa shape index (κ1) is 21.2. The molecule has 2 aliphatic heterocycles. The van der Waals surface area contributed by atoms with Gasteiger partial charge < -0.3 is 24.1 Å². The van der Waals surface area contributed by atoms with E-state index in [1.54, 1.807) is 42.5 Å². The minimum absolute atomic E-state index is 0.0438. The second-order valence-corrected chi connectivity index (χ2v) is 8.26. The molecular weight excluding hydrogens is 422 g/mol. The van der Waals surface area contributed by atoms with Gasteiger partial charge in [-0.1, -0.05) is 0 Å². The zero-order chi connectivity index (χ0) is 22.9. The number of carbonyl (C=O) groups is 2. The van der Waals surface area contributed by atoms with Crippen LogP contribution in [0.5, 0.6) is 5.75 Å². The van der Waals surface area contributed by atoms with Crippen LogP contribution in [0.25, 0.3) is 11.3 Å². The Bertz CT molecular complexity index is 1170. The van der Waals surface area contributed by atoms with Crippen molar-refractivity contribution >= 4 is 11.8 Å². The van der Waals surface area contributed by atoms with Gasteiger partial charge in [0.15, 0.2) is 5.76 Å². The molecule has 5 rings (SSSR count). The number of likely N-dealkylation sites (tertiary alicyclic amines) is 2. The molecule has 33 heavy (non-hydrogen) atoms. The van der Waals surface area contributed by atoms with Crippen LogP contribution in [0.4, 0.5) is 0 Å². The average Bonchev–Trinajstić information content (AvgIpc) is 3.60. The topological polar surface area (TPSA) is 96.1 Å². The maximum Gasteiger partial charge on any atom is 0.289 e. The molecule has 8 nitrogen and oxygen atoms in total. The number of furan rings is 1. The molecule has 2 fully saturated rings. The van der Waals surface area contributed by atoms with Crippen LogP contribution in [-0.4, -0.2) is 64.0 Å². The summed E-state index contributed by atoms with van der Waals surface area (Å²) in [7, 11) is 1.61. The summed E-state index contributed by atoms with van der Waals surface area (Å²) in [6.07, 6.45) is 3.12. The van der Waals surface area contributed by atoms with E-state index < -0.39 is 0 Å². The number of methoxy groups -OCH3 is 1. The molecule has 2 atom stereocenters. The third kappa shape index (κ3) is 3.76. The average molecular weight is 447 g/mol. The number of ether oxygens (including phenoxy) is 1. The Labute approximate surface area is 191 Å². The van der Waals surface area contributed by atoms with E-state index in [0.29, 0.717) is 42.9 Å². The highest BCUT2D eigenvalue weighted by Crippen LogP contribution is 2.35. The van der Waals surface area contributed by atoms with Gasteiger partial charge in [-0.05, 0) is 61.4 Å². The van der Waals surface area contributed by atoms with Gasteiger partial charge in [-0.2, -0.15) is 0 Å². The third-order valence-corrected chi connectivity index (χ3v) is 6.53. The molecule has 0 radical (unpaired) electrons. The Balaban J connectivity index is 1.36.